The van der Waals surface area contributed by atoms with Gasteiger partial charge in [-0.15, -0.1) is 0 Å². The van der Waals surface area contributed by atoms with Crippen LogP contribution in [-0.2, 0) is 0 Å². The van der Waals surface area contributed by atoms with Gasteiger partial charge in [0, 0.05) is 30.9 Å². The molecule has 19 heavy (non-hydrogen) atoms. The Balaban J connectivity index is 2.12. The predicted octanol–water partition coefficient (Wildman–Crippen LogP) is 1.63. The minimum Gasteiger partial charge on any atom is -0.333 e. The number of nitrogens with zero attached hydrogens (tertiary/aromatic N) is 4. The van der Waals surface area contributed by atoms with Crippen LogP contribution < -0.4 is 0 Å². The smallest absolute Gasteiger partial charge is 0.274 e. The quantitative estimate of drug-likeness (QED) is 0.833. The lowest BCUT2D eigenvalue weighted by Crippen LogP contribution is -2.42. The van der Waals surface area contributed by atoms with Crippen molar-refractivity contribution in [1.82, 2.24) is 19.6 Å². The lowest BCUT2D eigenvalue weighted by atomic mass is 10.1. The first-order valence-corrected chi connectivity index (χ1v) is 6.94. The van der Waals surface area contributed by atoms with E-state index >= 15 is 0 Å². The predicted molar refractivity (Wildman–Crippen MR) is 75.2 cm³/mol. The van der Waals surface area contributed by atoms with E-state index in [2.05, 4.69) is 44.9 Å². The van der Waals surface area contributed by atoms with E-state index < -0.39 is 0 Å². The molecule has 0 N–H and O–H groups in total. The number of likely N-dealkylation sites (tertiary alicyclic amines) is 1. The highest BCUT2D eigenvalue weighted by Crippen LogP contribution is 2.23. The fourth-order valence-corrected chi connectivity index (χ4v) is 2.79. The van der Waals surface area contributed by atoms with Gasteiger partial charge in [-0.1, -0.05) is 0 Å². The van der Waals surface area contributed by atoms with E-state index in [1.807, 2.05) is 21.8 Å². The summed E-state index contributed by atoms with van der Waals surface area (Å²) in [6, 6.07) is 2.79. The Morgan fingerprint density at radius 3 is 2.63 bits per heavy atom. The number of amides is 1. The number of hydrogen-bond donors (Lipinski definition) is 0. The van der Waals surface area contributed by atoms with Crippen molar-refractivity contribution in [3.05, 3.63) is 18.0 Å². The fourth-order valence-electron chi connectivity index (χ4n) is 2.79. The second-order valence-corrected chi connectivity index (χ2v) is 5.83. The lowest BCUT2D eigenvalue weighted by Gasteiger charge is -2.27. The van der Waals surface area contributed by atoms with Crippen molar-refractivity contribution in [3.63, 3.8) is 0 Å². The SMILES string of the molecule is CC(C)n1ccc(C(=O)N2CC[C@H](N(C)C)[C@@H]2C)n1. The van der Waals surface area contributed by atoms with Crippen LogP contribution in [0.2, 0.25) is 0 Å². The van der Waals surface area contributed by atoms with Gasteiger partial charge in [0.15, 0.2) is 0 Å². The zero-order chi connectivity index (χ0) is 14.2. The fraction of sp³-hybridized carbons (Fsp3) is 0.714. The molecule has 1 aromatic heterocycles. The van der Waals surface area contributed by atoms with Gasteiger partial charge in [-0.3, -0.25) is 9.48 Å². The molecule has 0 saturated carbocycles. The van der Waals surface area contributed by atoms with Crippen LogP contribution in [0.1, 0.15) is 43.7 Å². The Labute approximate surface area is 115 Å². The van der Waals surface area contributed by atoms with E-state index in [4.69, 9.17) is 0 Å². The van der Waals surface area contributed by atoms with Crippen LogP contribution in [0.3, 0.4) is 0 Å². The summed E-state index contributed by atoms with van der Waals surface area (Å²) >= 11 is 0. The first-order chi connectivity index (χ1) is 8.91. The molecule has 0 aromatic carbocycles. The van der Waals surface area contributed by atoms with E-state index in [1.165, 1.54) is 0 Å². The maximum Gasteiger partial charge on any atom is 0.274 e. The van der Waals surface area contributed by atoms with Gasteiger partial charge in [-0.25, -0.2) is 0 Å². The lowest BCUT2D eigenvalue weighted by molar-refractivity contribution is 0.0713. The molecular weight excluding hydrogens is 240 g/mol. The normalized spacial score (nSPS) is 23.6. The number of likely N-dealkylation sites (N-methyl/N-ethyl adjacent to an activating group) is 1. The van der Waals surface area contributed by atoms with Crippen LogP contribution >= 0.6 is 0 Å². The number of aromatic nitrogens is 2. The van der Waals surface area contributed by atoms with Crippen molar-refractivity contribution in [2.24, 2.45) is 0 Å². The van der Waals surface area contributed by atoms with Crippen molar-refractivity contribution < 1.29 is 4.79 Å². The highest BCUT2D eigenvalue weighted by atomic mass is 16.2. The molecule has 1 aliphatic rings. The third kappa shape index (κ3) is 2.66. The van der Waals surface area contributed by atoms with E-state index in [-0.39, 0.29) is 18.0 Å². The standard InChI is InChI=1S/C14H24N4O/c1-10(2)18-9-6-12(15-18)14(19)17-8-7-13(11(17)3)16(4)5/h6,9-11,13H,7-8H2,1-5H3/t11-,13-/m0/s1. The maximum absolute atomic E-state index is 12.5. The average molecular weight is 264 g/mol. The molecule has 1 saturated heterocycles. The molecular formula is C14H24N4O. The van der Waals surface area contributed by atoms with E-state index in [0.29, 0.717) is 11.7 Å². The second-order valence-electron chi connectivity index (χ2n) is 5.83. The van der Waals surface area contributed by atoms with Crippen LogP contribution in [0.25, 0.3) is 0 Å². The summed E-state index contributed by atoms with van der Waals surface area (Å²) in [5.41, 5.74) is 0.556. The van der Waals surface area contributed by atoms with Gasteiger partial charge in [-0.05, 0) is 47.4 Å². The summed E-state index contributed by atoms with van der Waals surface area (Å²) in [6.45, 7) is 7.05. The van der Waals surface area contributed by atoms with Crippen LogP contribution in [0.5, 0.6) is 0 Å². The molecule has 1 aliphatic heterocycles. The molecule has 1 aromatic rings. The minimum atomic E-state index is 0.0521. The molecule has 5 heteroatoms. The molecule has 1 fully saturated rings. The summed E-state index contributed by atoms with van der Waals surface area (Å²) in [6.07, 6.45) is 2.91. The summed E-state index contributed by atoms with van der Waals surface area (Å²) in [5, 5.41) is 4.37. The van der Waals surface area contributed by atoms with Gasteiger partial charge >= 0.3 is 0 Å². The monoisotopic (exact) mass is 264 g/mol. The van der Waals surface area contributed by atoms with Crippen molar-refractivity contribution in [3.8, 4) is 0 Å². The van der Waals surface area contributed by atoms with Crippen LogP contribution in [0.15, 0.2) is 12.3 Å². The molecule has 2 heterocycles. The molecule has 0 spiro atoms. The van der Waals surface area contributed by atoms with Gasteiger partial charge in [0.2, 0.25) is 0 Å². The molecule has 0 unspecified atom stereocenters. The first kappa shape index (κ1) is 14.1. The Hall–Kier alpha value is -1.36. The van der Waals surface area contributed by atoms with Gasteiger partial charge < -0.3 is 9.80 Å². The van der Waals surface area contributed by atoms with Crippen molar-refractivity contribution >= 4 is 5.91 Å². The highest BCUT2D eigenvalue weighted by molar-refractivity contribution is 5.92. The van der Waals surface area contributed by atoms with E-state index in [1.54, 1.807) is 0 Å². The first-order valence-electron chi connectivity index (χ1n) is 6.94. The molecule has 2 rings (SSSR count). The summed E-state index contributed by atoms with van der Waals surface area (Å²) in [7, 11) is 4.14. The van der Waals surface area contributed by atoms with Gasteiger partial charge in [0.25, 0.3) is 5.91 Å². The summed E-state index contributed by atoms with van der Waals surface area (Å²) in [4.78, 5) is 16.6. The molecule has 2 atom stereocenters. The number of carbonyl (C=O) groups is 1. The number of carbonyl (C=O) groups excluding carboxylic acids is 1. The third-order valence-electron chi connectivity index (χ3n) is 3.99. The van der Waals surface area contributed by atoms with Gasteiger partial charge in [0.05, 0.1) is 0 Å². The molecule has 1 amide bonds. The Morgan fingerprint density at radius 1 is 1.47 bits per heavy atom. The van der Waals surface area contributed by atoms with Crippen LogP contribution in [-0.4, -0.2) is 58.2 Å². The largest absolute Gasteiger partial charge is 0.333 e. The second kappa shape index (κ2) is 5.33. The van der Waals surface area contributed by atoms with E-state index in [9.17, 15) is 4.79 Å². The third-order valence-corrected chi connectivity index (χ3v) is 3.99. The van der Waals surface area contributed by atoms with Crippen molar-refractivity contribution in [2.75, 3.05) is 20.6 Å². The van der Waals surface area contributed by atoms with Crippen molar-refractivity contribution in [2.45, 2.75) is 45.3 Å². The Bertz CT molecular complexity index is 452. The highest BCUT2D eigenvalue weighted by Gasteiger charge is 2.35. The molecule has 106 valence electrons. The summed E-state index contributed by atoms with van der Waals surface area (Å²) < 4.78 is 1.83. The zero-order valence-electron chi connectivity index (χ0n) is 12.5. The van der Waals surface area contributed by atoms with Crippen LogP contribution in [0, 0.1) is 0 Å². The molecule has 0 radical (unpaired) electrons. The van der Waals surface area contributed by atoms with E-state index in [0.717, 1.165) is 13.0 Å². The molecule has 5 nitrogen and oxygen atoms in total. The number of rotatable bonds is 3. The minimum absolute atomic E-state index is 0.0521. The Morgan fingerprint density at radius 2 is 2.16 bits per heavy atom. The van der Waals surface area contributed by atoms with Crippen molar-refractivity contribution in [1.29, 1.82) is 0 Å². The van der Waals surface area contributed by atoms with Gasteiger partial charge in [0.1, 0.15) is 5.69 Å². The Kier molecular flexibility index (Phi) is 3.94. The maximum atomic E-state index is 12.5. The summed E-state index contributed by atoms with van der Waals surface area (Å²) in [5.74, 6) is 0.0521. The molecule has 0 aliphatic carbocycles. The average Bonchev–Trinajstić information content (AvgIpc) is 2.94. The van der Waals surface area contributed by atoms with Crippen LogP contribution in [0.4, 0.5) is 0 Å². The topological polar surface area (TPSA) is 41.4 Å². The molecule has 0 bridgehead atoms. The number of hydrogen-bond acceptors (Lipinski definition) is 3. The zero-order valence-corrected chi connectivity index (χ0v) is 12.5. The van der Waals surface area contributed by atoms with Gasteiger partial charge in [-0.2, -0.15) is 5.10 Å².